The smallest absolute Gasteiger partial charge is 0.244 e. The van der Waals surface area contributed by atoms with Crippen molar-refractivity contribution >= 4 is 39.1 Å². The lowest BCUT2D eigenvalue weighted by atomic mass is 10.0. The molecular weight excluding hydrogens is 510 g/mol. The van der Waals surface area contributed by atoms with Gasteiger partial charge in [0.25, 0.3) is 0 Å². The van der Waals surface area contributed by atoms with Gasteiger partial charge in [-0.3, -0.25) is 13.9 Å². The first-order chi connectivity index (χ1) is 17.5. The molecule has 0 unspecified atom stereocenters. The van der Waals surface area contributed by atoms with Gasteiger partial charge in [0.1, 0.15) is 12.6 Å². The van der Waals surface area contributed by atoms with E-state index in [1.165, 1.54) is 11.9 Å². The molecule has 0 aliphatic heterocycles. The fourth-order valence-corrected chi connectivity index (χ4v) is 5.13. The summed E-state index contributed by atoms with van der Waals surface area (Å²) in [5.41, 5.74) is 3.74. The molecule has 37 heavy (non-hydrogen) atoms. The van der Waals surface area contributed by atoms with E-state index < -0.39 is 28.5 Å². The molecule has 1 atom stereocenters. The second-order valence-electron chi connectivity index (χ2n) is 8.96. The summed E-state index contributed by atoms with van der Waals surface area (Å²) in [7, 11) is -2.29. The molecular formula is C28H32ClN3O4S. The lowest BCUT2D eigenvalue weighted by molar-refractivity contribution is -0.139. The first-order valence-electron chi connectivity index (χ1n) is 11.8. The molecule has 0 aromatic heterocycles. The summed E-state index contributed by atoms with van der Waals surface area (Å²) >= 11 is 6.05. The van der Waals surface area contributed by atoms with Crippen molar-refractivity contribution in [3.63, 3.8) is 0 Å². The third-order valence-electron chi connectivity index (χ3n) is 6.31. The highest BCUT2D eigenvalue weighted by molar-refractivity contribution is 7.92. The van der Waals surface area contributed by atoms with Crippen LogP contribution in [0.5, 0.6) is 0 Å². The molecule has 3 aromatic rings. The number of hydrogen-bond donors (Lipinski definition) is 1. The molecule has 0 heterocycles. The molecule has 0 fully saturated rings. The fraction of sp³-hybridized carbons (Fsp3) is 0.286. The number of carbonyl (C=O) groups is 2. The van der Waals surface area contributed by atoms with Crippen LogP contribution in [-0.2, 0) is 32.6 Å². The minimum Gasteiger partial charge on any atom is -0.357 e. The number of benzene rings is 3. The fourth-order valence-electron chi connectivity index (χ4n) is 4.11. The number of aryl methyl sites for hydroxylation is 1. The van der Waals surface area contributed by atoms with E-state index in [1.807, 2.05) is 50.2 Å². The molecule has 7 nitrogen and oxygen atoms in total. The highest BCUT2D eigenvalue weighted by atomic mass is 35.5. The van der Waals surface area contributed by atoms with Crippen LogP contribution in [0.2, 0.25) is 5.02 Å². The Kier molecular flexibility index (Phi) is 9.34. The number of hydrogen-bond acceptors (Lipinski definition) is 4. The van der Waals surface area contributed by atoms with Gasteiger partial charge in [0.15, 0.2) is 0 Å². The number of nitrogens with zero attached hydrogens (tertiary/aromatic N) is 2. The summed E-state index contributed by atoms with van der Waals surface area (Å²) < 4.78 is 26.8. The Balaban J connectivity index is 2.05. The van der Waals surface area contributed by atoms with Crippen molar-refractivity contribution < 1.29 is 18.0 Å². The van der Waals surface area contributed by atoms with Crippen molar-refractivity contribution in [2.24, 2.45) is 0 Å². The van der Waals surface area contributed by atoms with Crippen LogP contribution < -0.4 is 9.62 Å². The molecule has 1 N–H and O–H groups in total. The molecule has 3 rings (SSSR count). The van der Waals surface area contributed by atoms with Crippen LogP contribution in [0.3, 0.4) is 0 Å². The Labute approximate surface area is 224 Å². The van der Waals surface area contributed by atoms with Gasteiger partial charge < -0.3 is 10.2 Å². The highest BCUT2D eigenvalue weighted by Crippen LogP contribution is 2.26. The number of halogens is 1. The first kappa shape index (κ1) is 28.2. The van der Waals surface area contributed by atoms with Crippen molar-refractivity contribution in [3.8, 4) is 0 Å². The highest BCUT2D eigenvalue weighted by Gasteiger charge is 2.33. The minimum absolute atomic E-state index is 0.103. The minimum atomic E-state index is -3.81. The number of sulfonamides is 1. The van der Waals surface area contributed by atoms with E-state index in [4.69, 9.17) is 11.6 Å². The van der Waals surface area contributed by atoms with Crippen molar-refractivity contribution in [3.05, 3.63) is 100 Å². The van der Waals surface area contributed by atoms with Gasteiger partial charge in [-0.1, -0.05) is 66.2 Å². The van der Waals surface area contributed by atoms with Crippen molar-refractivity contribution in [2.75, 3.05) is 24.2 Å². The second-order valence-corrected chi connectivity index (χ2v) is 11.3. The van der Waals surface area contributed by atoms with Crippen LogP contribution in [0.15, 0.2) is 72.8 Å². The van der Waals surface area contributed by atoms with Crippen LogP contribution in [0, 0.1) is 13.8 Å². The third-order valence-corrected chi connectivity index (χ3v) is 7.69. The third kappa shape index (κ3) is 7.33. The molecule has 0 aliphatic rings. The number of amides is 2. The van der Waals surface area contributed by atoms with Gasteiger partial charge in [-0.05, 0) is 54.3 Å². The summed E-state index contributed by atoms with van der Waals surface area (Å²) in [5, 5.41) is 3.21. The Hall–Kier alpha value is -3.36. The summed E-state index contributed by atoms with van der Waals surface area (Å²) in [6.07, 6.45) is 1.34. The number of anilines is 1. The van der Waals surface area contributed by atoms with Gasteiger partial charge in [-0.25, -0.2) is 8.42 Å². The molecule has 196 valence electrons. The zero-order valence-electron chi connectivity index (χ0n) is 21.4. The topological polar surface area (TPSA) is 86.8 Å². The van der Waals surface area contributed by atoms with Crippen molar-refractivity contribution in [2.45, 2.75) is 32.9 Å². The van der Waals surface area contributed by atoms with Gasteiger partial charge >= 0.3 is 0 Å². The summed E-state index contributed by atoms with van der Waals surface area (Å²) in [4.78, 5) is 28.4. The number of likely N-dealkylation sites (N-methyl/N-ethyl adjacent to an activating group) is 1. The standard InChI is InChI=1S/C28H32ClN3O4S/c1-20-9-8-12-25(21(20)2)32(37(4,35)36)19-27(33)31(18-23-13-15-24(29)16-14-23)26(28(34)30-3)17-22-10-6-5-7-11-22/h5-16,26H,17-19H2,1-4H3,(H,30,34)/t26-/m0/s1. The first-order valence-corrected chi connectivity index (χ1v) is 14.1. The zero-order valence-corrected chi connectivity index (χ0v) is 23.0. The lowest BCUT2D eigenvalue weighted by Gasteiger charge is -2.33. The summed E-state index contributed by atoms with van der Waals surface area (Å²) in [5.74, 6) is -0.838. The van der Waals surface area contributed by atoms with Crippen molar-refractivity contribution in [1.29, 1.82) is 0 Å². The molecule has 0 aliphatic carbocycles. The Morgan fingerprint density at radius 2 is 1.57 bits per heavy atom. The van der Waals surface area contributed by atoms with E-state index in [2.05, 4.69) is 5.32 Å². The number of carbonyl (C=O) groups excluding carboxylic acids is 2. The van der Waals surface area contributed by atoms with Gasteiger partial charge in [-0.15, -0.1) is 0 Å². The molecule has 0 spiro atoms. The molecule has 9 heteroatoms. The Bertz CT molecular complexity index is 1350. The molecule has 3 aromatic carbocycles. The maximum absolute atomic E-state index is 13.9. The van der Waals surface area contributed by atoms with Crippen LogP contribution in [0.1, 0.15) is 22.3 Å². The quantitative estimate of drug-likeness (QED) is 0.418. The van der Waals surface area contributed by atoms with Gasteiger partial charge in [0.05, 0.1) is 11.9 Å². The molecule has 0 saturated carbocycles. The Morgan fingerprint density at radius 1 is 0.919 bits per heavy atom. The average Bonchev–Trinajstić information content (AvgIpc) is 2.87. The van der Waals surface area contributed by atoms with E-state index >= 15 is 0 Å². The maximum Gasteiger partial charge on any atom is 0.244 e. The van der Waals surface area contributed by atoms with E-state index in [9.17, 15) is 18.0 Å². The van der Waals surface area contributed by atoms with Crippen LogP contribution in [-0.4, -0.2) is 51.0 Å². The predicted molar refractivity (Wildman–Crippen MR) is 148 cm³/mol. The normalized spacial score (nSPS) is 12.0. The van der Waals surface area contributed by atoms with Crippen LogP contribution >= 0.6 is 11.6 Å². The van der Waals surface area contributed by atoms with E-state index in [1.54, 1.807) is 36.4 Å². The molecule has 0 saturated heterocycles. The largest absolute Gasteiger partial charge is 0.357 e. The summed E-state index contributed by atoms with van der Waals surface area (Å²) in [6, 6.07) is 20.8. The number of nitrogens with one attached hydrogen (secondary N) is 1. The Morgan fingerprint density at radius 3 is 2.16 bits per heavy atom. The van der Waals surface area contributed by atoms with E-state index in [0.717, 1.165) is 32.8 Å². The maximum atomic E-state index is 13.9. The van der Waals surface area contributed by atoms with Crippen molar-refractivity contribution in [1.82, 2.24) is 10.2 Å². The number of rotatable bonds is 10. The monoisotopic (exact) mass is 541 g/mol. The summed E-state index contributed by atoms with van der Waals surface area (Å²) in [6.45, 7) is 3.36. The zero-order chi connectivity index (χ0) is 27.2. The van der Waals surface area contributed by atoms with E-state index in [0.29, 0.717) is 10.7 Å². The predicted octanol–water partition coefficient (Wildman–Crippen LogP) is 4.11. The average molecular weight is 542 g/mol. The van der Waals surface area contributed by atoms with Crippen LogP contribution in [0.4, 0.5) is 5.69 Å². The van der Waals surface area contributed by atoms with Crippen LogP contribution in [0.25, 0.3) is 0 Å². The lowest BCUT2D eigenvalue weighted by Crippen LogP contribution is -2.53. The molecule has 0 radical (unpaired) electrons. The van der Waals surface area contributed by atoms with E-state index in [-0.39, 0.29) is 18.9 Å². The van der Waals surface area contributed by atoms with Gasteiger partial charge in [0, 0.05) is 25.0 Å². The van der Waals surface area contributed by atoms with Gasteiger partial charge in [0.2, 0.25) is 21.8 Å². The molecule has 0 bridgehead atoms. The SMILES string of the molecule is CNC(=O)[C@H](Cc1ccccc1)N(Cc1ccc(Cl)cc1)C(=O)CN(c1cccc(C)c1C)S(C)(=O)=O. The molecule has 2 amide bonds. The van der Waals surface area contributed by atoms with Gasteiger partial charge in [-0.2, -0.15) is 0 Å². The second kappa shape index (κ2) is 12.3.